The molecule has 1 aliphatic heterocycles. The summed E-state index contributed by atoms with van der Waals surface area (Å²) >= 11 is 6.59. The van der Waals surface area contributed by atoms with Crippen molar-refractivity contribution >= 4 is 49.4 Å². The van der Waals surface area contributed by atoms with Gasteiger partial charge < -0.3 is 15.7 Å². The van der Waals surface area contributed by atoms with Gasteiger partial charge in [0.25, 0.3) is 0 Å². The van der Waals surface area contributed by atoms with Crippen molar-refractivity contribution in [1.82, 2.24) is 0 Å². The summed E-state index contributed by atoms with van der Waals surface area (Å²) in [5.41, 5.74) is 6.51. The molecule has 0 bridgehead atoms. The fourth-order valence-electron chi connectivity index (χ4n) is 1.90. The number of carboxylic acids is 1. The maximum atomic E-state index is 11.8. The number of nitrogens with two attached hydrogens (primary N) is 1. The molecule has 1 fully saturated rings. The van der Waals surface area contributed by atoms with E-state index in [2.05, 4.69) is 31.9 Å². The van der Waals surface area contributed by atoms with E-state index in [-0.39, 0.29) is 17.5 Å². The second-order valence-corrected chi connectivity index (χ2v) is 5.77. The summed E-state index contributed by atoms with van der Waals surface area (Å²) in [6, 6.07) is 2.76. The Hall–Kier alpha value is -0.920. The number of aromatic carboxylic acids is 1. The normalized spacial score (nSPS) is 19.4. The quantitative estimate of drug-likeness (QED) is 0.825. The molecule has 0 aliphatic carbocycles. The third kappa shape index (κ3) is 2.43. The Morgan fingerprint density at radius 3 is 2.33 bits per heavy atom. The average Bonchev–Trinajstić information content (AvgIpc) is 2.56. The molecule has 1 heterocycles. The smallest absolute Gasteiger partial charge is 0.335 e. The van der Waals surface area contributed by atoms with Crippen molar-refractivity contribution < 1.29 is 14.7 Å². The molecule has 1 saturated heterocycles. The molecule has 7 heteroatoms. The molecule has 1 aliphatic rings. The number of carbonyl (C=O) groups excluding carboxylic acids is 1. The van der Waals surface area contributed by atoms with Crippen molar-refractivity contribution in [3.63, 3.8) is 0 Å². The first-order valence-electron chi connectivity index (χ1n) is 5.18. The van der Waals surface area contributed by atoms with Gasteiger partial charge in [-0.2, -0.15) is 0 Å². The molecule has 1 unspecified atom stereocenters. The van der Waals surface area contributed by atoms with Gasteiger partial charge in [-0.05, 0) is 44.0 Å². The highest BCUT2D eigenvalue weighted by Crippen LogP contribution is 2.37. The number of carboxylic acid groups (broad SMARTS) is 1. The molecule has 18 heavy (non-hydrogen) atoms. The Labute approximate surface area is 120 Å². The second kappa shape index (κ2) is 4.99. The summed E-state index contributed by atoms with van der Waals surface area (Å²) in [5, 5.41) is 8.94. The molecule has 0 aromatic heterocycles. The number of carbonyl (C=O) groups is 2. The van der Waals surface area contributed by atoms with Crippen LogP contribution >= 0.6 is 31.9 Å². The van der Waals surface area contributed by atoms with E-state index in [1.807, 2.05) is 0 Å². The fourth-order valence-corrected chi connectivity index (χ4v) is 3.51. The topological polar surface area (TPSA) is 83.6 Å². The predicted octanol–water partition coefficient (Wildman–Crippen LogP) is 1.97. The minimum Gasteiger partial charge on any atom is -0.478 e. The van der Waals surface area contributed by atoms with Crippen LogP contribution in [0.5, 0.6) is 0 Å². The highest BCUT2D eigenvalue weighted by molar-refractivity contribution is 9.11. The maximum absolute atomic E-state index is 11.8. The standard InChI is InChI=1S/C11H10Br2N2O3/c12-7-1-5(11(17)18)2-8(13)10(7)15-4-6(14)3-9(15)16/h1-2,6H,3-4,14H2,(H,17,18). The molecule has 1 amide bonds. The zero-order valence-electron chi connectivity index (χ0n) is 9.19. The van der Waals surface area contributed by atoms with Crippen molar-refractivity contribution in [3.05, 3.63) is 26.6 Å². The number of rotatable bonds is 2. The van der Waals surface area contributed by atoms with Crippen LogP contribution < -0.4 is 10.6 Å². The van der Waals surface area contributed by atoms with Crippen molar-refractivity contribution in [2.45, 2.75) is 12.5 Å². The van der Waals surface area contributed by atoms with E-state index in [1.165, 1.54) is 12.1 Å². The van der Waals surface area contributed by atoms with Crippen LogP contribution in [-0.2, 0) is 4.79 Å². The summed E-state index contributed by atoms with van der Waals surface area (Å²) in [7, 11) is 0. The van der Waals surface area contributed by atoms with Crippen LogP contribution in [0.25, 0.3) is 0 Å². The van der Waals surface area contributed by atoms with Gasteiger partial charge in [0.15, 0.2) is 0 Å². The van der Waals surface area contributed by atoms with Gasteiger partial charge in [-0.15, -0.1) is 0 Å². The van der Waals surface area contributed by atoms with E-state index in [1.54, 1.807) is 4.90 Å². The highest BCUT2D eigenvalue weighted by atomic mass is 79.9. The molecule has 3 N–H and O–H groups in total. The molecule has 1 aromatic rings. The molecular weight excluding hydrogens is 368 g/mol. The van der Waals surface area contributed by atoms with Gasteiger partial charge in [-0.1, -0.05) is 0 Å². The predicted molar refractivity (Wildman–Crippen MR) is 73.7 cm³/mol. The molecule has 1 atom stereocenters. The minimum atomic E-state index is -1.02. The third-order valence-electron chi connectivity index (χ3n) is 2.69. The number of amides is 1. The Bertz CT molecular complexity index is 510. The van der Waals surface area contributed by atoms with Crippen LogP contribution in [-0.4, -0.2) is 29.6 Å². The Kier molecular flexibility index (Phi) is 3.74. The molecule has 0 spiro atoms. The van der Waals surface area contributed by atoms with Gasteiger partial charge >= 0.3 is 5.97 Å². The van der Waals surface area contributed by atoms with Crippen molar-refractivity contribution in [3.8, 4) is 0 Å². The van der Waals surface area contributed by atoms with Crippen LogP contribution in [0.15, 0.2) is 21.1 Å². The number of hydrogen-bond acceptors (Lipinski definition) is 3. The number of halogens is 2. The van der Waals surface area contributed by atoms with E-state index < -0.39 is 5.97 Å². The lowest BCUT2D eigenvalue weighted by molar-refractivity contribution is -0.117. The molecule has 1 aromatic carbocycles. The molecule has 0 radical (unpaired) electrons. The molecular formula is C11H10Br2N2O3. The van der Waals surface area contributed by atoms with E-state index in [0.717, 1.165) is 0 Å². The Morgan fingerprint density at radius 2 is 1.94 bits per heavy atom. The lowest BCUT2D eigenvalue weighted by Crippen LogP contribution is -2.28. The van der Waals surface area contributed by atoms with E-state index >= 15 is 0 Å². The van der Waals surface area contributed by atoms with Crippen molar-refractivity contribution in [2.24, 2.45) is 5.73 Å². The first kappa shape index (κ1) is 13.5. The zero-order chi connectivity index (χ0) is 13.4. The molecule has 2 rings (SSSR count). The second-order valence-electron chi connectivity index (χ2n) is 4.06. The maximum Gasteiger partial charge on any atom is 0.335 e. The number of nitrogens with zero attached hydrogens (tertiary/aromatic N) is 1. The first-order chi connectivity index (χ1) is 8.40. The fraction of sp³-hybridized carbons (Fsp3) is 0.273. The first-order valence-corrected chi connectivity index (χ1v) is 6.77. The Morgan fingerprint density at radius 1 is 1.39 bits per heavy atom. The van der Waals surface area contributed by atoms with Gasteiger partial charge in [0.1, 0.15) is 0 Å². The number of benzene rings is 1. The molecule has 0 saturated carbocycles. The Balaban J connectivity index is 2.46. The minimum absolute atomic E-state index is 0.0630. The summed E-state index contributed by atoms with van der Waals surface area (Å²) in [6.07, 6.45) is 0.305. The SMILES string of the molecule is NC1CC(=O)N(c2c(Br)cc(C(=O)O)cc2Br)C1. The average molecular weight is 378 g/mol. The van der Waals surface area contributed by atoms with E-state index in [9.17, 15) is 9.59 Å². The lowest BCUT2D eigenvalue weighted by atomic mass is 10.2. The number of anilines is 1. The number of hydrogen-bond donors (Lipinski definition) is 2. The zero-order valence-corrected chi connectivity index (χ0v) is 12.4. The lowest BCUT2D eigenvalue weighted by Gasteiger charge is -2.20. The van der Waals surface area contributed by atoms with E-state index in [0.29, 0.717) is 27.6 Å². The monoisotopic (exact) mass is 376 g/mol. The van der Waals surface area contributed by atoms with Crippen LogP contribution in [0.2, 0.25) is 0 Å². The third-order valence-corrected chi connectivity index (χ3v) is 3.90. The van der Waals surface area contributed by atoms with Gasteiger partial charge in [-0.3, -0.25) is 4.79 Å². The van der Waals surface area contributed by atoms with Gasteiger partial charge in [0.2, 0.25) is 5.91 Å². The van der Waals surface area contributed by atoms with Gasteiger partial charge in [0, 0.05) is 28.0 Å². The largest absolute Gasteiger partial charge is 0.478 e. The summed E-state index contributed by atoms with van der Waals surface area (Å²) in [5.74, 6) is -1.08. The molecule has 5 nitrogen and oxygen atoms in total. The van der Waals surface area contributed by atoms with Crippen molar-refractivity contribution in [2.75, 3.05) is 11.4 Å². The van der Waals surface area contributed by atoms with Gasteiger partial charge in [0.05, 0.1) is 11.3 Å². The highest BCUT2D eigenvalue weighted by Gasteiger charge is 2.31. The summed E-state index contributed by atoms with van der Waals surface area (Å²) in [6.45, 7) is 0.433. The van der Waals surface area contributed by atoms with E-state index in [4.69, 9.17) is 10.8 Å². The van der Waals surface area contributed by atoms with Crippen LogP contribution in [0, 0.1) is 0 Å². The van der Waals surface area contributed by atoms with Gasteiger partial charge in [-0.25, -0.2) is 4.79 Å². The van der Waals surface area contributed by atoms with Crippen molar-refractivity contribution in [1.29, 1.82) is 0 Å². The van der Waals surface area contributed by atoms with Crippen LogP contribution in [0.1, 0.15) is 16.8 Å². The summed E-state index contributed by atoms with van der Waals surface area (Å²) in [4.78, 5) is 24.3. The van der Waals surface area contributed by atoms with Crippen LogP contribution in [0.4, 0.5) is 5.69 Å². The summed E-state index contributed by atoms with van der Waals surface area (Å²) < 4.78 is 1.11. The van der Waals surface area contributed by atoms with Crippen LogP contribution in [0.3, 0.4) is 0 Å². The molecule has 96 valence electrons.